The van der Waals surface area contributed by atoms with E-state index in [1.165, 1.54) is 21.7 Å². The summed E-state index contributed by atoms with van der Waals surface area (Å²) >= 11 is 8.52. The molecule has 3 aromatic rings. The maximum Gasteiger partial charge on any atom is 0.252 e. The van der Waals surface area contributed by atoms with E-state index in [2.05, 4.69) is 18.7 Å². The highest BCUT2D eigenvalue weighted by Gasteiger charge is 2.37. The summed E-state index contributed by atoms with van der Waals surface area (Å²) in [6.45, 7) is 9.69. The minimum absolute atomic E-state index is 0.0908. The average molecular weight is 585 g/mol. The zero-order valence-corrected chi connectivity index (χ0v) is 24.8. The molecular formula is C25H33ClN4O4S3. The van der Waals surface area contributed by atoms with Crippen molar-refractivity contribution in [3.05, 3.63) is 34.2 Å². The molecule has 0 bridgehead atoms. The van der Waals surface area contributed by atoms with Gasteiger partial charge < -0.3 is 9.64 Å². The second-order valence-electron chi connectivity index (χ2n) is 9.04. The Balaban J connectivity index is 1.64. The number of piperidine rings is 1. The number of anilines is 1. The first-order chi connectivity index (χ1) is 17.7. The number of aromatic nitrogens is 1. The van der Waals surface area contributed by atoms with Crippen LogP contribution in [0.15, 0.2) is 28.5 Å². The van der Waals surface area contributed by atoms with E-state index in [1.54, 1.807) is 18.1 Å². The number of carbonyl (C=O) groups excluding carboxylic acids is 1. The van der Waals surface area contributed by atoms with E-state index in [9.17, 15) is 13.2 Å². The summed E-state index contributed by atoms with van der Waals surface area (Å²) < 4.78 is 35.1. The van der Waals surface area contributed by atoms with Gasteiger partial charge in [0.2, 0.25) is 5.91 Å². The topological polar surface area (TPSA) is 83.0 Å². The van der Waals surface area contributed by atoms with Crippen molar-refractivity contribution in [2.45, 2.75) is 37.8 Å². The molecule has 202 valence electrons. The summed E-state index contributed by atoms with van der Waals surface area (Å²) in [7, 11) is -2.09. The van der Waals surface area contributed by atoms with Crippen LogP contribution in [0.1, 0.15) is 32.3 Å². The molecule has 1 atom stereocenters. The molecule has 0 aliphatic carbocycles. The van der Waals surface area contributed by atoms with Crippen molar-refractivity contribution in [2.75, 3.05) is 51.3 Å². The molecule has 37 heavy (non-hydrogen) atoms. The van der Waals surface area contributed by atoms with E-state index in [0.717, 1.165) is 40.2 Å². The first kappa shape index (κ1) is 28.3. The number of fused-ring (bicyclic) bond motifs is 1. The van der Waals surface area contributed by atoms with Crippen molar-refractivity contribution in [3.8, 4) is 5.75 Å². The number of thiazole rings is 1. The van der Waals surface area contributed by atoms with Crippen molar-refractivity contribution >= 4 is 65.6 Å². The predicted molar refractivity (Wildman–Crippen MR) is 152 cm³/mol. The van der Waals surface area contributed by atoms with Gasteiger partial charge in [-0.1, -0.05) is 42.9 Å². The van der Waals surface area contributed by atoms with Crippen molar-refractivity contribution in [3.63, 3.8) is 0 Å². The van der Waals surface area contributed by atoms with Crippen LogP contribution in [0, 0.1) is 12.8 Å². The molecule has 1 unspecified atom stereocenters. The van der Waals surface area contributed by atoms with Gasteiger partial charge in [0.05, 0.1) is 22.1 Å². The Hall–Kier alpha value is -1.76. The van der Waals surface area contributed by atoms with Crippen LogP contribution in [0.3, 0.4) is 0 Å². The van der Waals surface area contributed by atoms with E-state index in [0.29, 0.717) is 47.7 Å². The molecule has 2 aromatic heterocycles. The lowest BCUT2D eigenvalue weighted by Crippen LogP contribution is -2.48. The number of hydrogen-bond acceptors (Lipinski definition) is 8. The number of halogens is 1. The largest absolute Gasteiger partial charge is 0.494 e. The van der Waals surface area contributed by atoms with E-state index < -0.39 is 15.9 Å². The van der Waals surface area contributed by atoms with Gasteiger partial charge in [0, 0.05) is 26.2 Å². The fourth-order valence-electron chi connectivity index (χ4n) is 4.61. The molecule has 1 saturated heterocycles. The molecule has 0 radical (unpaired) electrons. The number of methoxy groups -OCH3 is 1. The molecule has 0 spiro atoms. The second-order valence-corrected chi connectivity index (χ2v) is 13.9. The highest BCUT2D eigenvalue weighted by Crippen LogP contribution is 2.38. The first-order valence-electron chi connectivity index (χ1n) is 12.4. The Labute approximate surface area is 231 Å². The van der Waals surface area contributed by atoms with Crippen molar-refractivity contribution in [1.29, 1.82) is 0 Å². The van der Waals surface area contributed by atoms with Crippen LogP contribution in [0.5, 0.6) is 5.75 Å². The summed E-state index contributed by atoms with van der Waals surface area (Å²) in [4.78, 5) is 22.9. The van der Waals surface area contributed by atoms with Crippen LogP contribution in [0.4, 0.5) is 5.13 Å². The van der Waals surface area contributed by atoms with Crippen LogP contribution >= 0.6 is 34.3 Å². The first-order valence-corrected chi connectivity index (χ1v) is 15.9. The number of nitrogens with zero attached hydrogens (tertiary/aromatic N) is 4. The number of carbonyl (C=O) groups is 1. The average Bonchev–Trinajstić information content (AvgIpc) is 3.54. The fourth-order valence-corrected chi connectivity index (χ4v) is 8.85. The van der Waals surface area contributed by atoms with Gasteiger partial charge in [-0.3, -0.25) is 9.69 Å². The zero-order chi connectivity index (χ0) is 26.7. The molecule has 12 heteroatoms. The third-order valence-corrected chi connectivity index (χ3v) is 11.6. The van der Waals surface area contributed by atoms with E-state index >= 15 is 0 Å². The lowest BCUT2D eigenvalue weighted by molar-refractivity contribution is -0.123. The molecular weight excluding hydrogens is 552 g/mol. The van der Waals surface area contributed by atoms with Gasteiger partial charge in [-0.25, -0.2) is 13.4 Å². The van der Waals surface area contributed by atoms with Gasteiger partial charge in [-0.05, 0) is 56.6 Å². The van der Waals surface area contributed by atoms with Crippen LogP contribution in [-0.4, -0.2) is 74.9 Å². The van der Waals surface area contributed by atoms with Gasteiger partial charge in [0.25, 0.3) is 10.0 Å². The van der Waals surface area contributed by atoms with Crippen LogP contribution in [0.25, 0.3) is 10.2 Å². The Morgan fingerprint density at radius 1 is 1.19 bits per heavy atom. The molecule has 0 saturated carbocycles. The zero-order valence-electron chi connectivity index (χ0n) is 21.6. The monoisotopic (exact) mass is 584 g/mol. The maximum absolute atomic E-state index is 14.0. The van der Waals surface area contributed by atoms with Crippen molar-refractivity contribution in [2.24, 2.45) is 5.92 Å². The number of amides is 1. The molecule has 1 aromatic carbocycles. The number of hydrogen-bond donors (Lipinski definition) is 0. The molecule has 1 aliphatic rings. The van der Waals surface area contributed by atoms with Crippen LogP contribution in [-0.2, 0) is 14.8 Å². The fraction of sp³-hybridized carbons (Fsp3) is 0.520. The van der Waals surface area contributed by atoms with E-state index in [-0.39, 0.29) is 16.7 Å². The Morgan fingerprint density at radius 2 is 1.95 bits per heavy atom. The summed E-state index contributed by atoms with van der Waals surface area (Å²) in [5.41, 5.74) is 1.81. The normalized spacial score (nSPS) is 17.0. The molecule has 1 aliphatic heterocycles. The quantitative estimate of drug-likeness (QED) is 0.329. The molecule has 0 N–H and O–H groups in total. The molecule has 4 rings (SSSR count). The predicted octanol–water partition coefficient (Wildman–Crippen LogP) is 5.10. The number of sulfonamides is 1. The van der Waals surface area contributed by atoms with Crippen LogP contribution in [0.2, 0.25) is 4.34 Å². The molecule has 1 fully saturated rings. The highest BCUT2D eigenvalue weighted by molar-refractivity contribution is 7.91. The van der Waals surface area contributed by atoms with Gasteiger partial charge in [0.15, 0.2) is 5.13 Å². The number of thiophene rings is 1. The van der Waals surface area contributed by atoms with E-state index in [1.807, 2.05) is 19.1 Å². The molecule has 3 heterocycles. The minimum Gasteiger partial charge on any atom is -0.494 e. The van der Waals surface area contributed by atoms with Gasteiger partial charge in [-0.2, -0.15) is 4.31 Å². The highest BCUT2D eigenvalue weighted by atomic mass is 35.5. The standard InChI is InChI=1S/C25H33ClN4O4S3/c1-5-28(6-2)14-15-30(25-27-22-19(34-4)10-9-17(3)23(22)36-25)24(31)18-8-7-13-29(16-18)37(32,33)21-12-11-20(26)35-21/h9-12,18H,5-8,13-16H2,1-4H3. The third-order valence-electron chi connectivity index (χ3n) is 6.82. The lowest BCUT2D eigenvalue weighted by Gasteiger charge is -2.34. The van der Waals surface area contributed by atoms with Gasteiger partial charge >= 0.3 is 0 Å². The smallest absolute Gasteiger partial charge is 0.252 e. The van der Waals surface area contributed by atoms with Gasteiger partial charge in [-0.15, -0.1) is 11.3 Å². The summed E-state index contributed by atoms with van der Waals surface area (Å²) in [5.74, 6) is 0.126. The summed E-state index contributed by atoms with van der Waals surface area (Å²) in [5, 5.41) is 0.616. The number of likely N-dealkylation sites (N-methyl/N-ethyl adjacent to an activating group) is 1. The van der Waals surface area contributed by atoms with Crippen LogP contribution < -0.4 is 9.64 Å². The number of aryl methyl sites for hydroxylation is 1. The van der Waals surface area contributed by atoms with E-state index in [4.69, 9.17) is 21.3 Å². The minimum atomic E-state index is -3.71. The number of ether oxygens (including phenoxy) is 1. The number of benzene rings is 1. The number of rotatable bonds is 10. The Kier molecular flexibility index (Phi) is 9.13. The SMILES string of the molecule is CCN(CC)CCN(C(=O)C1CCCN(S(=O)(=O)c2ccc(Cl)s2)C1)c1nc2c(OC)ccc(C)c2s1. The van der Waals surface area contributed by atoms with Gasteiger partial charge in [0.1, 0.15) is 15.5 Å². The molecule has 8 nitrogen and oxygen atoms in total. The van der Waals surface area contributed by atoms with Crippen molar-refractivity contribution in [1.82, 2.24) is 14.2 Å². The summed E-state index contributed by atoms with van der Waals surface area (Å²) in [6.07, 6.45) is 1.25. The second kappa shape index (κ2) is 12.0. The summed E-state index contributed by atoms with van der Waals surface area (Å²) in [6, 6.07) is 7.00. The van der Waals surface area contributed by atoms with Crippen molar-refractivity contribution < 1.29 is 17.9 Å². The molecule has 1 amide bonds. The maximum atomic E-state index is 14.0. The Morgan fingerprint density at radius 3 is 2.59 bits per heavy atom. The lowest BCUT2D eigenvalue weighted by atomic mass is 9.98. The Bertz CT molecular complexity index is 1350. The third kappa shape index (κ3) is 5.97.